The molecular formula is C33H33Cl3N4O4. The van der Waals surface area contributed by atoms with Gasteiger partial charge >= 0.3 is 0 Å². The smallest absolute Gasteiger partial charge is 0.256 e. The van der Waals surface area contributed by atoms with E-state index in [1.54, 1.807) is 50.1 Å². The summed E-state index contributed by atoms with van der Waals surface area (Å²) in [6.07, 6.45) is 10.2. The number of methoxy groups -OCH3 is 1. The summed E-state index contributed by atoms with van der Waals surface area (Å²) >= 11 is 19.0. The van der Waals surface area contributed by atoms with Crippen molar-refractivity contribution in [2.24, 2.45) is 0 Å². The fraction of sp³-hybridized carbons (Fsp3) is 0.333. The largest absolute Gasteiger partial charge is 0.487 e. The second-order valence-corrected chi connectivity index (χ2v) is 11.8. The van der Waals surface area contributed by atoms with Gasteiger partial charge in [0.15, 0.2) is 5.75 Å². The van der Waals surface area contributed by atoms with Crippen LogP contribution in [-0.4, -0.2) is 58.7 Å². The minimum atomic E-state index is -0.102. The molecule has 1 fully saturated rings. The van der Waals surface area contributed by atoms with Crippen LogP contribution < -0.4 is 9.47 Å². The summed E-state index contributed by atoms with van der Waals surface area (Å²) < 4.78 is 16.6. The van der Waals surface area contributed by atoms with Crippen LogP contribution in [0.2, 0.25) is 15.1 Å². The van der Waals surface area contributed by atoms with E-state index in [1.807, 2.05) is 30.0 Å². The van der Waals surface area contributed by atoms with E-state index < -0.39 is 0 Å². The van der Waals surface area contributed by atoms with Gasteiger partial charge in [-0.05, 0) is 79.6 Å². The van der Waals surface area contributed by atoms with Crippen molar-refractivity contribution in [3.8, 4) is 22.8 Å². The number of benzene rings is 1. The Hall–Kier alpha value is -3.43. The number of rotatable bonds is 14. The molecule has 1 aliphatic carbocycles. The number of aromatic nitrogens is 3. The van der Waals surface area contributed by atoms with Crippen molar-refractivity contribution >= 4 is 40.7 Å². The molecule has 0 saturated heterocycles. The molecule has 1 aromatic carbocycles. The Morgan fingerprint density at radius 1 is 0.932 bits per heavy atom. The van der Waals surface area contributed by atoms with Crippen LogP contribution in [0.4, 0.5) is 0 Å². The predicted molar refractivity (Wildman–Crippen MR) is 172 cm³/mol. The molecule has 1 aliphatic rings. The van der Waals surface area contributed by atoms with E-state index in [-0.39, 0.29) is 25.2 Å². The highest BCUT2D eigenvalue weighted by Gasteiger charge is 2.34. The molecule has 0 N–H and O–H groups in total. The summed E-state index contributed by atoms with van der Waals surface area (Å²) in [6.45, 7) is 3.44. The summed E-state index contributed by atoms with van der Waals surface area (Å²) in [7, 11) is 1.68. The van der Waals surface area contributed by atoms with E-state index in [1.165, 1.54) is 0 Å². The van der Waals surface area contributed by atoms with Crippen molar-refractivity contribution in [2.75, 3.05) is 26.9 Å². The minimum absolute atomic E-state index is 0.102. The zero-order valence-electron chi connectivity index (χ0n) is 24.6. The zero-order chi connectivity index (χ0) is 31.1. The lowest BCUT2D eigenvalue weighted by Gasteiger charge is -2.24. The van der Waals surface area contributed by atoms with Gasteiger partial charge in [0, 0.05) is 68.4 Å². The molecule has 0 bridgehead atoms. The summed E-state index contributed by atoms with van der Waals surface area (Å²) in [6, 6.07) is 11.2. The Labute approximate surface area is 272 Å². The first-order valence-corrected chi connectivity index (χ1v) is 15.5. The van der Waals surface area contributed by atoms with Gasteiger partial charge in [0.1, 0.15) is 13.2 Å². The number of amides is 1. The number of nitrogens with zero attached hydrogens (tertiary/aromatic N) is 4. The zero-order valence-corrected chi connectivity index (χ0v) is 26.8. The second kappa shape index (κ2) is 15.0. The van der Waals surface area contributed by atoms with Crippen LogP contribution in [0.5, 0.6) is 11.6 Å². The van der Waals surface area contributed by atoms with Gasteiger partial charge < -0.3 is 19.1 Å². The molecule has 8 nitrogen and oxygen atoms in total. The molecule has 44 heavy (non-hydrogen) atoms. The Kier molecular flexibility index (Phi) is 10.9. The van der Waals surface area contributed by atoms with Gasteiger partial charge in [-0.3, -0.25) is 14.8 Å². The van der Waals surface area contributed by atoms with Crippen molar-refractivity contribution in [1.29, 1.82) is 0 Å². The highest BCUT2D eigenvalue weighted by Crippen LogP contribution is 2.35. The third-order valence-electron chi connectivity index (χ3n) is 7.18. The highest BCUT2D eigenvalue weighted by molar-refractivity contribution is 6.37. The van der Waals surface area contributed by atoms with Crippen LogP contribution in [0.15, 0.2) is 61.2 Å². The second-order valence-electron chi connectivity index (χ2n) is 10.6. The topological polar surface area (TPSA) is 86.7 Å². The van der Waals surface area contributed by atoms with Gasteiger partial charge in [0.2, 0.25) is 5.88 Å². The van der Waals surface area contributed by atoms with Crippen molar-refractivity contribution in [3.05, 3.63) is 98.6 Å². The first-order chi connectivity index (χ1) is 21.3. The van der Waals surface area contributed by atoms with Gasteiger partial charge in [0.25, 0.3) is 5.91 Å². The number of aryl methyl sites for hydroxylation is 2. The summed E-state index contributed by atoms with van der Waals surface area (Å²) in [5.41, 5.74) is 4.76. The Morgan fingerprint density at radius 2 is 1.70 bits per heavy atom. The van der Waals surface area contributed by atoms with E-state index in [0.29, 0.717) is 45.4 Å². The summed E-state index contributed by atoms with van der Waals surface area (Å²) in [5, 5.41) is 1.44. The Bertz CT molecular complexity index is 1580. The summed E-state index contributed by atoms with van der Waals surface area (Å²) in [5.74, 6) is 0.749. The number of ether oxygens (including phenoxy) is 3. The van der Waals surface area contributed by atoms with Gasteiger partial charge in [-0.25, -0.2) is 4.98 Å². The molecule has 0 unspecified atom stereocenters. The predicted octanol–water partition coefficient (Wildman–Crippen LogP) is 7.65. The van der Waals surface area contributed by atoms with Gasteiger partial charge in [0.05, 0.1) is 20.6 Å². The molecular weight excluding hydrogens is 623 g/mol. The number of carbonyl (C=O) groups excluding carboxylic acids is 1. The first-order valence-electron chi connectivity index (χ1n) is 14.4. The van der Waals surface area contributed by atoms with Crippen LogP contribution in [0.25, 0.3) is 11.1 Å². The van der Waals surface area contributed by atoms with E-state index >= 15 is 0 Å². The minimum Gasteiger partial charge on any atom is -0.487 e. The van der Waals surface area contributed by atoms with Gasteiger partial charge in [-0.15, -0.1) is 0 Å². The molecule has 230 valence electrons. The van der Waals surface area contributed by atoms with Crippen molar-refractivity contribution in [1.82, 2.24) is 19.9 Å². The van der Waals surface area contributed by atoms with E-state index in [0.717, 1.165) is 53.6 Å². The van der Waals surface area contributed by atoms with Crippen molar-refractivity contribution in [3.63, 3.8) is 0 Å². The van der Waals surface area contributed by atoms with Crippen LogP contribution in [0.3, 0.4) is 0 Å². The molecule has 11 heteroatoms. The van der Waals surface area contributed by atoms with Crippen LogP contribution in [0, 0.1) is 6.92 Å². The van der Waals surface area contributed by atoms with Crippen molar-refractivity contribution < 1.29 is 19.0 Å². The van der Waals surface area contributed by atoms with Gasteiger partial charge in [-0.1, -0.05) is 34.8 Å². The highest BCUT2D eigenvalue weighted by atomic mass is 35.5. The molecule has 0 aliphatic heterocycles. The lowest BCUT2D eigenvalue weighted by atomic mass is 10.0. The maximum atomic E-state index is 14.0. The molecule has 1 saturated carbocycles. The average Bonchev–Trinajstić information content (AvgIpc) is 3.86. The number of carbonyl (C=O) groups is 1. The third-order valence-corrected chi connectivity index (χ3v) is 8.08. The number of pyridine rings is 3. The monoisotopic (exact) mass is 654 g/mol. The standard InChI is InChI=1S/C33H33Cl3N4O4/c1-21-14-28(34)32(29(35)15-21)44-13-12-43-31-8-5-22(17-39-31)26-9-10-37-18-27(26)33(41)40(25-6-7-25)20-23-16-24(4-3-11-42-2)38-19-30(23)36/h5,8-10,14-19,25H,3-4,6-7,11-13,20H2,1-2H3. The van der Waals surface area contributed by atoms with E-state index in [2.05, 4.69) is 15.0 Å². The van der Waals surface area contributed by atoms with Gasteiger partial charge in [-0.2, -0.15) is 0 Å². The number of hydrogen-bond donors (Lipinski definition) is 0. The maximum absolute atomic E-state index is 14.0. The maximum Gasteiger partial charge on any atom is 0.256 e. The molecule has 4 aromatic rings. The van der Waals surface area contributed by atoms with Crippen molar-refractivity contribution in [2.45, 2.75) is 45.2 Å². The fourth-order valence-corrected chi connectivity index (χ4v) is 5.70. The number of hydrogen-bond acceptors (Lipinski definition) is 7. The first kappa shape index (κ1) is 32.0. The molecule has 0 spiro atoms. The fourth-order valence-electron chi connectivity index (χ4n) is 4.83. The molecule has 0 atom stereocenters. The molecule has 3 heterocycles. The molecule has 1 amide bonds. The SMILES string of the molecule is COCCCc1cc(CN(C(=O)c2cnccc2-c2ccc(OCCOc3c(Cl)cc(C)cc3Cl)nc2)C2CC2)c(Cl)cn1. The molecule has 3 aromatic heterocycles. The summed E-state index contributed by atoms with van der Waals surface area (Å²) in [4.78, 5) is 29.1. The third kappa shape index (κ3) is 8.18. The Balaban J connectivity index is 1.25. The lowest BCUT2D eigenvalue weighted by Crippen LogP contribution is -2.33. The van der Waals surface area contributed by atoms with Crippen LogP contribution in [-0.2, 0) is 17.7 Å². The average molecular weight is 656 g/mol. The lowest BCUT2D eigenvalue weighted by molar-refractivity contribution is 0.0730. The molecule has 5 rings (SSSR count). The quantitative estimate of drug-likeness (QED) is 0.129. The van der Waals surface area contributed by atoms with E-state index in [4.69, 9.17) is 49.0 Å². The number of halogens is 3. The van der Waals surface area contributed by atoms with Crippen LogP contribution >= 0.6 is 34.8 Å². The Morgan fingerprint density at radius 3 is 2.41 bits per heavy atom. The normalized spacial score (nSPS) is 12.7. The van der Waals surface area contributed by atoms with Crippen LogP contribution in [0.1, 0.15) is 46.4 Å². The van der Waals surface area contributed by atoms with E-state index in [9.17, 15) is 4.79 Å². The molecule has 0 radical (unpaired) electrons.